The summed E-state index contributed by atoms with van der Waals surface area (Å²) < 4.78 is 9.58. The lowest BCUT2D eigenvalue weighted by molar-refractivity contribution is -0.135. The predicted octanol–water partition coefficient (Wildman–Crippen LogP) is 9.53. The number of benzene rings is 1. The third kappa shape index (κ3) is 8.59. The number of H-pyrrole nitrogens is 2. The van der Waals surface area contributed by atoms with Crippen molar-refractivity contribution in [1.29, 1.82) is 0 Å². The number of alkyl carbamates (subject to hydrolysis) is 2. The van der Waals surface area contributed by atoms with Gasteiger partial charge in [-0.05, 0) is 110 Å². The number of ether oxygens (including phenoxy) is 2. The minimum atomic E-state index is -0.682. The van der Waals surface area contributed by atoms with Gasteiger partial charge < -0.3 is 35.0 Å². The lowest BCUT2D eigenvalue weighted by atomic mass is 9.79. The average Bonchev–Trinajstić information content (AvgIpc) is 4.13. The highest BCUT2D eigenvalue weighted by Crippen LogP contribution is 2.58. The van der Waals surface area contributed by atoms with E-state index in [9.17, 15) is 19.2 Å². The summed E-state index contributed by atoms with van der Waals surface area (Å²) in [5, 5.41) is 5.44. The molecular weight excluding hydrogens is 803 g/mol. The van der Waals surface area contributed by atoms with Crippen LogP contribution in [0.3, 0.4) is 0 Å². The quantitative estimate of drug-likeness (QED) is 0.102. The Morgan fingerprint density at radius 1 is 0.790 bits per heavy atom. The molecule has 62 heavy (non-hydrogen) atoms. The van der Waals surface area contributed by atoms with Gasteiger partial charge >= 0.3 is 12.2 Å². The van der Waals surface area contributed by atoms with Crippen LogP contribution in [-0.2, 0) is 30.9 Å². The van der Waals surface area contributed by atoms with E-state index in [1.165, 1.54) is 72.8 Å². The molecule has 4 N–H and O–H groups in total. The molecule has 3 aromatic heterocycles. The summed E-state index contributed by atoms with van der Waals surface area (Å²) in [5.74, 6) is 1.52. The fraction of sp³-hybridized carbons (Fsp3) is 0.542. The number of carbonyl (C=O) groups excluding carboxylic acids is 4. The van der Waals surface area contributed by atoms with Gasteiger partial charge in [0.1, 0.15) is 17.7 Å². The molecule has 2 saturated carbocycles. The van der Waals surface area contributed by atoms with Crippen molar-refractivity contribution >= 4 is 35.2 Å². The first kappa shape index (κ1) is 43.4. The highest BCUT2D eigenvalue weighted by molar-refractivity contribution is 7.19. The number of aromatic nitrogens is 4. The number of rotatable bonds is 12. The first-order valence-corrected chi connectivity index (χ1v) is 23.3. The number of nitrogens with zero attached hydrogens (tertiary/aromatic N) is 3. The monoisotopic (exact) mass is 863 g/mol. The first-order valence-electron chi connectivity index (χ1n) is 22.5. The Hall–Kier alpha value is -5.24. The van der Waals surface area contributed by atoms with Crippen molar-refractivity contribution in [3.8, 4) is 32.3 Å². The van der Waals surface area contributed by atoms with E-state index in [-0.39, 0.29) is 40.9 Å². The van der Waals surface area contributed by atoms with Crippen LogP contribution in [0.5, 0.6) is 0 Å². The van der Waals surface area contributed by atoms with Gasteiger partial charge in [-0.15, -0.1) is 11.3 Å². The van der Waals surface area contributed by atoms with Gasteiger partial charge in [0.25, 0.3) is 0 Å². The fourth-order valence-electron chi connectivity index (χ4n) is 10.5. The van der Waals surface area contributed by atoms with E-state index >= 15 is 0 Å². The Morgan fingerprint density at radius 2 is 1.44 bits per heavy atom. The topological polar surface area (TPSA) is 171 Å². The number of likely N-dealkylation sites (tertiary alicyclic amines) is 1. The van der Waals surface area contributed by atoms with Crippen LogP contribution in [0, 0.1) is 11.8 Å². The van der Waals surface area contributed by atoms with Crippen LogP contribution in [0.2, 0.25) is 0 Å². The highest BCUT2D eigenvalue weighted by Gasteiger charge is 2.45. The first-order chi connectivity index (χ1) is 29.9. The van der Waals surface area contributed by atoms with E-state index in [4.69, 9.17) is 19.4 Å². The number of carbonyl (C=O) groups is 4. The van der Waals surface area contributed by atoms with Gasteiger partial charge in [0.05, 0.1) is 55.0 Å². The number of allylic oxidation sites excluding steroid dienone is 1. The molecule has 4 aliphatic rings. The second-order valence-corrected chi connectivity index (χ2v) is 19.5. The van der Waals surface area contributed by atoms with Gasteiger partial charge in [-0.1, -0.05) is 70.4 Å². The zero-order valence-corrected chi connectivity index (χ0v) is 37.7. The molecule has 0 radical (unpaired) electrons. The molecule has 1 aliphatic heterocycles. The molecular formula is C48H61N7O6S. The molecule has 4 heterocycles. The molecule has 3 amide bonds. The lowest BCUT2D eigenvalue weighted by Gasteiger charge is -2.30. The fourth-order valence-corrected chi connectivity index (χ4v) is 12.0. The van der Waals surface area contributed by atoms with Crippen molar-refractivity contribution in [1.82, 2.24) is 35.5 Å². The Balaban J connectivity index is 1.02. The van der Waals surface area contributed by atoms with Gasteiger partial charge in [-0.25, -0.2) is 19.6 Å². The van der Waals surface area contributed by atoms with Gasteiger partial charge in [0, 0.05) is 17.3 Å². The molecule has 4 unspecified atom stereocenters. The second kappa shape index (κ2) is 18.2. The maximum atomic E-state index is 13.8. The van der Waals surface area contributed by atoms with Crippen molar-refractivity contribution in [2.45, 2.75) is 134 Å². The molecule has 8 rings (SSSR count). The number of fused-ring (bicyclic) bond motifs is 2. The van der Waals surface area contributed by atoms with Crippen LogP contribution in [0.25, 0.3) is 32.3 Å². The van der Waals surface area contributed by atoms with E-state index in [0.29, 0.717) is 6.54 Å². The summed E-state index contributed by atoms with van der Waals surface area (Å²) >= 11 is 1.86. The minimum Gasteiger partial charge on any atom is -0.453 e. The smallest absolute Gasteiger partial charge is 0.407 e. The summed E-state index contributed by atoms with van der Waals surface area (Å²) in [4.78, 5) is 72.6. The normalized spacial score (nSPS) is 21.1. The van der Waals surface area contributed by atoms with Gasteiger partial charge in [0.15, 0.2) is 5.78 Å². The molecule has 4 atom stereocenters. The summed E-state index contributed by atoms with van der Waals surface area (Å²) in [6, 6.07) is 7.38. The van der Waals surface area contributed by atoms with Crippen molar-refractivity contribution in [2.24, 2.45) is 11.8 Å². The van der Waals surface area contributed by atoms with Crippen molar-refractivity contribution < 1.29 is 28.7 Å². The number of nitrogens with one attached hydrogen (secondary N) is 4. The molecule has 1 aromatic carbocycles. The maximum absolute atomic E-state index is 13.8. The Bertz CT molecular complexity index is 2320. The number of amides is 3. The summed E-state index contributed by atoms with van der Waals surface area (Å²) in [5.41, 5.74) is 8.50. The molecule has 1 spiro atoms. The molecule has 3 aliphatic carbocycles. The van der Waals surface area contributed by atoms with Crippen LogP contribution < -0.4 is 10.6 Å². The van der Waals surface area contributed by atoms with E-state index in [2.05, 4.69) is 44.9 Å². The predicted molar refractivity (Wildman–Crippen MR) is 240 cm³/mol. The van der Waals surface area contributed by atoms with E-state index in [1.807, 2.05) is 56.3 Å². The summed E-state index contributed by atoms with van der Waals surface area (Å²) in [7, 11) is 2.62. The number of hydrogen-bond acceptors (Lipinski definition) is 9. The average molecular weight is 864 g/mol. The van der Waals surface area contributed by atoms with E-state index in [1.54, 1.807) is 6.08 Å². The van der Waals surface area contributed by atoms with Crippen LogP contribution in [-0.4, -0.2) is 81.6 Å². The van der Waals surface area contributed by atoms with E-state index < -0.39 is 24.3 Å². The number of aromatic amines is 2. The van der Waals surface area contributed by atoms with Crippen LogP contribution in [0.1, 0.15) is 133 Å². The highest BCUT2D eigenvalue weighted by atomic mass is 32.1. The van der Waals surface area contributed by atoms with Gasteiger partial charge in [-0.3, -0.25) is 9.59 Å². The zero-order valence-electron chi connectivity index (χ0n) is 36.9. The van der Waals surface area contributed by atoms with Gasteiger partial charge in [-0.2, -0.15) is 0 Å². The Morgan fingerprint density at radius 3 is 2.13 bits per heavy atom. The second-order valence-electron chi connectivity index (χ2n) is 18.4. The number of imidazole rings is 2. The zero-order chi connectivity index (χ0) is 43.7. The SMILES string of the molecule is COC(=O)NC(C(=O)/C=C1\CCCC(c2ncc(-c3ccc(-c4sc(-c5cnc(C6CCCN6C(=O)C(NC(=O)OC)C(C)C)[nH]5)c5c4C4(CCCC4)CC5)cc3)[nH]2)C1)C(C)C. The summed E-state index contributed by atoms with van der Waals surface area (Å²) in [6.07, 6.45) is 16.8. The largest absolute Gasteiger partial charge is 0.453 e. The van der Waals surface area contributed by atoms with Crippen LogP contribution in [0.15, 0.2) is 48.3 Å². The van der Waals surface area contributed by atoms with Crippen molar-refractivity contribution in [3.05, 3.63) is 71.1 Å². The number of hydrogen-bond donors (Lipinski definition) is 4. The van der Waals surface area contributed by atoms with Gasteiger partial charge in [0.2, 0.25) is 5.91 Å². The number of thiophene rings is 1. The molecule has 0 bridgehead atoms. The van der Waals surface area contributed by atoms with Crippen molar-refractivity contribution in [2.75, 3.05) is 20.8 Å². The Labute approximate surface area is 368 Å². The molecule has 13 nitrogen and oxygen atoms in total. The third-order valence-electron chi connectivity index (χ3n) is 13.8. The molecule has 14 heteroatoms. The minimum absolute atomic E-state index is 0.0652. The lowest BCUT2D eigenvalue weighted by Crippen LogP contribution is -2.51. The molecule has 1 saturated heterocycles. The third-order valence-corrected chi connectivity index (χ3v) is 15.1. The maximum Gasteiger partial charge on any atom is 0.407 e. The number of methoxy groups -OCH3 is 2. The van der Waals surface area contributed by atoms with Crippen LogP contribution >= 0.6 is 11.3 Å². The molecule has 3 fully saturated rings. The standard InChI is InChI=1S/C48H61N7O6S/c1-27(2)39(53-46(58)60-5)37(56)24-29-11-9-12-32(23-29)43-49-25-34(51-43)30-14-16-31(17-15-30)41-38-33(18-21-48(38)19-7-8-20-48)42(62-41)35-26-50-44(52-35)36-13-10-22-55(36)45(57)40(28(3)4)54-47(59)61-6/h14-17,24-28,32,36,39-40H,7-13,18-23H2,1-6H3,(H,49,51)(H,50,52)(H,53,58)(H,54,59)/b29-24+. The van der Waals surface area contributed by atoms with Crippen molar-refractivity contribution in [3.63, 3.8) is 0 Å². The number of ketones is 1. The molecule has 330 valence electrons. The van der Waals surface area contributed by atoms with E-state index in [0.717, 1.165) is 79.1 Å². The van der Waals surface area contributed by atoms with Crippen LogP contribution in [0.4, 0.5) is 9.59 Å². The Kier molecular flexibility index (Phi) is 12.8. The molecule has 4 aromatic rings. The summed E-state index contributed by atoms with van der Waals surface area (Å²) in [6.45, 7) is 8.30.